The minimum atomic E-state index is -0.160. The first-order chi connectivity index (χ1) is 10.2. The zero-order valence-electron chi connectivity index (χ0n) is 12.3. The van der Waals surface area contributed by atoms with E-state index in [-0.39, 0.29) is 5.82 Å². The zero-order chi connectivity index (χ0) is 14.7. The second-order valence-corrected chi connectivity index (χ2v) is 5.61. The maximum atomic E-state index is 13.3. The molecule has 3 heteroatoms. The van der Waals surface area contributed by atoms with Gasteiger partial charge in [-0.1, -0.05) is 24.3 Å². The summed E-state index contributed by atoms with van der Waals surface area (Å²) < 4.78 is 18.5. The number of benzene rings is 2. The summed E-state index contributed by atoms with van der Waals surface area (Å²) in [7, 11) is 1.68. The Hall–Kier alpha value is -1.87. The van der Waals surface area contributed by atoms with E-state index in [1.807, 2.05) is 18.2 Å². The Balaban J connectivity index is 1.69. The first kappa shape index (κ1) is 14.1. The molecule has 1 aliphatic rings. The molecular weight excluding hydrogens is 265 g/mol. The van der Waals surface area contributed by atoms with Crippen LogP contribution in [0.3, 0.4) is 0 Å². The lowest BCUT2D eigenvalue weighted by molar-refractivity contribution is 0.245. The largest absolute Gasteiger partial charge is 0.497 e. The van der Waals surface area contributed by atoms with E-state index in [2.05, 4.69) is 17.0 Å². The smallest absolute Gasteiger partial charge is 0.123 e. The average Bonchev–Trinajstić information content (AvgIpc) is 3.32. The van der Waals surface area contributed by atoms with Crippen molar-refractivity contribution in [3.63, 3.8) is 0 Å². The lowest BCUT2D eigenvalue weighted by Crippen LogP contribution is -2.25. The summed E-state index contributed by atoms with van der Waals surface area (Å²) in [6, 6.07) is 15.7. The van der Waals surface area contributed by atoms with Crippen LogP contribution in [0.15, 0.2) is 48.5 Å². The minimum Gasteiger partial charge on any atom is -0.497 e. The van der Waals surface area contributed by atoms with Crippen LogP contribution < -0.4 is 4.74 Å². The van der Waals surface area contributed by atoms with E-state index in [4.69, 9.17) is 4.74 Å². The van der Waals surface area contributed by atoms with Gasteiger partial charge in [0.2, 0.25) is 0 Å². The fourth-order valence-corrected chi connectivity index (χ4v) is 2.59. The monoisotopic (exact) mass is 285 g/mol. The summed E-state index contributed by atoms with van der Waals surface area (Å²) in [6.45, 7) is 1.69. The van der Waals surface area contributed by atoms with Gasteiger partial charge in [0.05, 0.1) is 7.11 Å². The van der Waals surface area contributed by atoms with Crippen LogP contribution in [-0.2, 0) is 13.1 Å². The molecular formula is C18H20FNO. The predicted molar refractivity (Wildman–Crippen MR) is 81.7 cm³/mol. The molecule has 21 heavy (non-hydrogen) atoms. The van der Waals surface area contributed by atoms with Gasteiger partial charge in [0.25, 0.3) is 0 Å². The van der Waals surface area contributed by atoms with Crippen LogP contribution in [0, 0.1) is 5.82 Å². The number of halogens is 1. The Kier molecular flexibility index (Phi) is 4.20. The lowest BCUT2D eigenvalue weighted by atomic mass is 10.1. The molecule has 0 bridgehead atoms. The van der Waals surface area contributed by atoms with Crippen molar-refractivity contribution in [3.05, 3.63) is 65.5 Å². The Morgan fingerprint density at radius 2 is 1.76 bits per heavy atom. The van der Waals surface area contributed by atoms with Gasteiger partial charge in [-0.15, -0.1) is 0 Å². The number of hydrogen-bond donors (Lipinski definition) is 0. The molecule has 0 radical (unpaired) electrons. The Bertz CT molecular complexity index is 592. The molecule has 0 amide bonds. The quantitative estimate of drug-likeness (QED) is 0.795. The fraction of sp³-hybridized carbons (Fsp3) is 0.333. The molecule has 2 nitrogen and oxygen atoms in total. The van der Waals surface area contributed by atoms with Crippen molar-refractivity contribution in [2.45, 2.75) is 32.0 Å². The second kappa shape index (κ2) is 6.27. The number of ether oxygens (including phenoxy) is 1. The Morgan fingerprint density at radius 1 is 1.05 bits per heavy atom. The summed E-state index contributed by atoms with van der Waals surface area (Å²) >= 11 is 0. The van der Waals surface area contributed by atoms with Crippen LogP contribution in [0.4, 0.5) is 4.39 Å². The van der Waals surface area contributed by atoms with E-state index in [1.54, 1.807) is 19.2 Å². The highest BCUT2D eigenvalue weighted by Crippen LogP contribution is 2.30. The van der Waals surface area contributed by atoms with Gasteiger partial charge in [-0.25, -0.2) is 4.39 Å². The number of hydrogen-bond acceptors (Lipinski definition) is 2. The molecule has 0 atom stereocenters. The third-order valence-electron chi connectivity index (χ3n) is 3.88. The van der Waals surface area contributed by atoms with Crippen LogP contribution in [-0.4, -0.2) is 18.1 Å². The topological polar surface area (TPSA) is 12.5 Å². The summed E-state index contributed by atoms with van der Waals surface area (Å²) in [6.07, 6.45) is 2.48. The van der Waals surface area contributed by atoms with Gasteiger partial charge in [-0.05, 0) is 48.2 Å². The van der Waals surface area contributed by atoms with Crippen molar-refractivity contribution in [3.8, 4) is 5.75 Å². The molecule has 0 N–H and O–H groups in total. The van der Waals surface area contributed by atoms with Gasteiger partial charge in [0.1, 0.15) is 11.6 Å². The minimum absolute atomic E-state index is 0.160. The highest BCUT2D eigenvalue weighted by atomic mass is 19.1. The first-order valence-electron chi connectivity index (χ1n) is 7.36. The molecule has 1 saturated carbocycles. The third-order valence-corrected chi connectivity index (χ3v) is 3.88. The summed E-state index contributed by atoms with van der Waals surface area (Å²) in [4.78, 5) is 2.43. The molecule has 0 aliphatic heterocycles. The SMILES string of the molecule is COc1ccc(CN(Cc2cccc(F)c2)C2CC2)cc1. The Labute approximate surface area is 125 Å². The van der Waals surface area contributed by atoms with E-state index in [9.17, 15) is 4.39 Å². The van der Waals surface area contributed by atoms with Crippen LogP contribution in [0.25, 0.3) is 0 Å². The normalized spacial score (nSPS) is 14.4. The maximum absolute atomic E-state index is 13.3. The van der Waals surface area contributed by atoms with Crippen LogP contribution in [0.1, 0.15) is 24.0 Å². The van der Waals surface area contributed by atoms with Gasteiger partial charge in [0.15, 0.2) is 0 Å². The second-order valence-electron chi connectivity index (χ2n) is 5.61. The summed E-state index contributed by atoms with van der Waals surface area (Å²) in [5.41, 5.74) is 2.30. The lowest BCUT2D eigenvalue weighted by Gasteiger charge is -2.22. The average molecular weight is 285 g/mol. The van der Waals surface area contributed by atoms with Gasteiger partial charge in [0, 0.05) is 19.1 Å². The standard InChI is InChI=1S/C18H20FNO/c1-21-18-9-5-14(6-10-18)12-20(17-7-8-17)13-15-3-2-4-16(19)11-15/h2-6,9-11,17H,7-8,12-13H2,1H3. The number of rotatable bonds is 6. The van der Waals surface area contributed by atoms with Crippen molar-refractivity contribution >= 4 is 0 Å². The van der Waals surface area contributed by atoms with Crippen molar-refractivity contribution in [2.24, 2.45) is 0 Å². The van der Waals surface area contributed by atoms with Crippen molar-refractivity contribution in [1.82, 2.24) is 4.90 Å². The molecule has 0 saturated heterocycles. The van der Waals surface area contributed by atoms with E-state index in [0.717, 1.165) is 24.4 Å². The number of methoxy groups -OCH3 is 1. The van der Waals surface area contributed by atoms with Crippen LogP contribution in [0.5, 0.6) is 5.75 Å². The molecule has 0 aromatic heterocycles. The molecule has 3 rings (SSSR count). The van der Waals surface area contributed by atoms with Crippen LogP contribution >= 0.6 is 0 Å². The van der Waals surface area contributed by atoms with Gasteiger partial charge >= 0.3 is 0 Å². The molecule has 110 valence electrons. The molecule has 1 fully saturated rings. The van der Waals surface area contributed by atoms with Crippen molar-refractivity contribution in [2.75, 3.05) is 7.11 Å². The van der Waals surface area contributed by atoms with E-state index in [1.165, 1.54) is 24.5 Å². The van der Waals surface area contributed by atoms with Crippen LogP contribution in [0.2, 0.25) is 0 Å². The first-order valence-corrected chi connectivity index (χ1v) is 7.36. The number of nitrogens with zero attached hydrogens (tertiary/aromatic N) is 1. The van der Waals surface area contributed by atoms with Gasteiger partial charge in [-0.3, -0.25) is 4.90 Å². The Morgan fingerprint density at radius 3 is 2.38 bits per heavy atom. The van der Waals surface area contributed by atoms with Gasteiger partial charge < -0.3 is 4.74 Å². The van der Waals surface area contributed by atoms with Crippen molar-refractivity contribution < 1.29 is 9.13 Å². The molecule has 2 aromatic carbocycles. The molecule has 2 aromatic rings. The van der Waals surface area contributed by atoms with E-state index < -0.39 is 0 Å². The highest BCUT2D eigenvalue weighted by molar-refractivity contribution is 5.27. The highest BCUT2D eigenvalue weighted by Gasteiger charge is 2.28. The maximum Gasteiger partial charge on any atom is 0.123 e. The molecule has 0 unspecified atom stereocenters. The third kappa shape index (κ3) is 3.82. The molecule has 1 aliphatic carbocycles. The predicted octanol–water partition coefficient (Wildman–Crippen LogP) is 4.00. The zero-order valence-corrected chi connectivity index (χ0v) is 12.3. The van der Waals surface area contributed by atoms with E-state index >= 15 is 0 Å². The van der Waals surface area contributed by atoms with Gasteiger partial charge in [-0.2, -0.15) is 0 Å². The summed E-state index contributed by atoms with van der Waals surface area (Å²) in [5, 5.41) is 0. The molecule has 0 heterocycles. The van der Waals surface area contributed by atoms with E-state index in [0.29, 0.717) is 6.04 Å². The van der Waals surface area contributed by atoms with Crippen molar-refractivity contribution in [1.29, 1.82) is 0 Å². The fourth-order valence-electron chi connectivity index (χ4n) is 2.59. The molecule has 0 spiro atoms. The summed E-state index contributed by atoms with van der Waals surface area (Å²) in [5.74, 6) is 0.717.